The minimum Gasteiger partial charge on any atom is -0.361 e. The second-order valence-electron chi connectivity index (χ2n) is 10.4. The van der Waals surface area contributed by atoms with Crippen LogP contribution < -0.4 is 5.32 Å². The van der Waals surface area contributed by atoms with Crippen molar-refractivity contribution < 1.29 is 35.9 Å². The number of carbonyl (C=O) groups excluding carboxylic acids is 2. The number of carbonyl (C=O) groups is 2. The molecule has 5 rings (SSSR count). The molecule has 15 heteroatoms. The van der Waals surface area contributed by atoms with Gasteiger partial charge in [0.2, 0.25) is 5.91 Å². The average molecular weight is 654 g/mol. The Morgan fingerprint density at radius 1 is 0.860 bits per heavy atom. The van der Waals surface area contributed by atoms with Gasteiger partial charge >= 0.3 is 12.4 Å². The number of aromatic nitrogens is 1. The average Bonchev–Trinajstić information content (AvgIpc) is 3.35. The molecule has 2 aliphatic rings. The summed E-state index contributed by atoms with van der Waals surface area (Å²) in [5, 5.41) is 4.08. The summed E-state index contributed by atoms with van der Waals surface area (Å²) in [6.45, 7) is 3.15. The normalized spacial score (nSPS) is 18.2. The molecule has 1 aromatic heterocycles. The number of aromatic amines is 1. The van der Waals surface area contributed by atoms with Crippen LogP contribution in [0.15, 0.2) is 48.7 Å². The molecule has 3 heterocycles. The fraction of sp³-hybridized carbons (Fsp3) is 0.429. The third-order valence-corrected chi connectivity index (χ3v) is 7.62. The predicted octanol–water partition coefficient (Wildman–Crippen LogP) is 4.85. The minimum absolute atomic E-state index is 0. The molecule has 0 bridgehead atoms. The number of fused-ring (bicyclic) bond motifs is 1. The quantitative estimate of drug-likeness (QED) is 0.387. The summed E-state index contributed by atoms with van der Waals surface area (Å²) in [6.07, 6.45) is -8.06. The van der Waals surface area contributed by atoms with E-state index in [1.165, 1.54) is 4.90 Å². The Morgan fingerprint density at radius 3 is 2.12 bits per heavy atom. The van der Waals surface area contributed by atoms with Crippen molar-refractivity contribution in [1.29, 1.82) is 0 Å². The maximum absolute atomic E-state index is 13.6. The van der Waals surface area contributed by atoms with Crippen molar-refractivity contribution in [2.24, 2.45) is 0 Å². The molecule has 2 N–H and O–H groups in total. The number of nitrogens with zero attached hydrogens (tertiary/aromatic N) is 3. The first-order valence-corrected chi connectivity index (χ1v) is 13.3. The zero-order valence-corrected chi connectivity index (χ0v) is 24.4. The first-order chi connectivity index (χ1) is 19.4. The molecule has 0 spiro atoms. The van der Waals surface area contributed by atoms with Gasteiger partial charge in [-0.3, -0.25) is 14.5 Å². The largest absolute Gasteiger partial charge is 0.416 e. The van der Waals surface area contributed by atoms with Crippen LogP contribution in [0.3, 0.4) is 0 Å². The van der Waals surface area contributed by atoms with Crippen molar-refractivity contribution in [1.82, 2.24) is 25.0 Å². The molecule has 0 saturated carbocycles. The number of para-hydroxylation sites is 1. The van der Waals surface area contributed by atoms with Crippen molar-refractivity contribution in [2.75, 3.05) is 52.4 Å². The highest BCUT2D eigenvalue weighted by Crippen LogP contribution is 2.37. The van der Waals surface area contributed by atoms with Crippen LogP contribution in [0.2, 0.25) is 0 Å². The summed E-state index contributed by atoms with van der Waals surface area (Å²) in [5.41, 5.74) is -2.05. The number of alkyl halides is 6. The number of piperazine rings is 2. The van der Waals surface area contributed by atoms with Gasteiger partial charge in [-0.1, -0.05) is 18.2 Å². The molecular weight excluding hydrogens is 623 g/mol. The van der Waals surface area contributed by atoms with Crippen LogP contribution in [-0.4, -0.2) is 89.9 Å². The highest BCUT2D eigenvalue weighted by molar-refractivity contribution is 5.95. The highest BCUT2D eigenvalue weighted by atomic mass is 35.5. The molecule has 2 aromatic carbocycles. The van der Waals surface area contributed by atoms with Crippen molar-refractivity contribution >= 4 is 47.5 Å². The SMILES string of the molecule is Cl.Cl.O=C(CN1CCN(C(=O)c2cc(C(F)(F)F)cc(C(F)(F)F)c2)C(Cc2c[nH]c3ccccc23)C1)N1CCNCC1. The van der Waals surface area contributed by atoms with E-state index >= 15 is 0 Å². The van der Waals surface area contributed by atoms with Crippen LogP contribution >= 0.6 is 24.8 Å². The number of hydrogen-bond donors (Lipinski definition) is 2. The van der Waals surface area contributed by atoms with E-state index in [1.807, 2.05) is 29.2 Å². The molecule has 2 amide bonds. The Kier molecular flexibility index (Phi) is 11.0. The summed E-state index contributed by atoms with van der Waals surface area (Å²) < 4.78 is 81.0. The lowest BCUT2D eigenvalue weighted by Crippen LogP contribution is -2.58. The second kappa shape index (κ2) is 13.7. The fourth-order valence-electron chi connectivity index (χ4n) is 5.51. The second-order valence-corrected chi connectivity index (χ2v) is 10.4. The molecule has 1 unspecified atom stereocenters. The lowest BCUT2D eigenvalue weighted by molar-refractivity contribution is -0.143. The lowest BCUT2D eigenvalue weighted by atomic mass is 9.98. The van der Waals surface area contributed by atoms with E-state index in [0.717, 1.165) is 16.5 Å². The van der Waals surface area contributed by atoms with Gasteiger partial charge < -0.3 is 20.1 Å². The van der Waals surface area contributed by atoms with Crippen LogP contribution in [-0.2, 0) is 23.6 Å². The molecule has 236 valence electrons. The number of halogens is 8. The topological polar surface area (TPSA) is 71.7 Å². The highest BCUT2D eigenvalue weighted by Gasteiger charge is 2.39. The van der Waals surface area contributed by atoms with Crippen LogP contribution in [0.5, 0.6) is 0 Å². The number of H-pyrrole nitrogens is 1. The summed E-state index contributed by atoms with van der Waals surface area (Å²) in [5.74, 6) is -0.982. The molecule has 2 fully saturated rings. The zero-order valence-electron chi connectivity index (χ0n) is 22.8. The van der Waals surface area contributed by atoms with E-state index in [9.17, 15) is 35.9 Å². The van der Waals surface area contributed by atoms with Crippen molar-refractivity contribution in [3.8, 4) is 0 Å². The number of nitrogens with one attached hydrogen (secondary N) is 2. The van der Waals surface area contributed by atoms with E-state index in [2.05, 4.69) is 10.3 Å². The summed E-state index contributed by atoms with van der Waals surface area (Å²) >= 11 is 0. The van der Waals surface area contributed by atoms with E-state index < -0.39 is 41.0 Å². The van der Waals surface area contributed by atoms with Gasteiger partial charge in [0.05, 0.1) is 17.7 Å². The third kappa shape index (κ3) is 7.94. The first kappa shape index (κ1) is 34.5. The summed E-state index contributed by atoms with van der Waals surface area (Å²) in [4.78, 5) is 34.7. The molecule has 0 radical (unpaired) electrons. The first-order valence-electron chi connectivity index (χ1n) is 13.3. The molecule has 1 atom stereocenters. The van der Waals surface area contributed by atoms with E-state index in [4.69, 9.17) is 0 Å². The standard InChI is InChI=1S/C28H29F6N5O2.2ClH/c29-27(30,31)20-11-18(12-21(14-20)28(32,33)34)26(41)39-10-9-37(17-25(40)38-7-5-35-6-8-38)16-22(39)13-19-15-36-24-4-2-1-3-23(19)24;;/h1-4,11-12,14-15,22,35-36H,5-10,13,16-17H2;2*1H. The smallest absolute Gasteiger partial charge is 0.361 e. The van der Waals surface area contributed by atoms with Crippen molar-refractivity contribution in [3.63, 3.8) is 0 Å². The summed E-state index contributed by atoms with van der Waals surface area (Å²) in [7, 11) is 0. The summed E-state index contributed by atoms with van der Waals surface area (Å²) in [6, 6.07) is 7.83. The Balaban J connectivity index is 0.00000253. The van der Waals surface area contributed by atoms with E-state index in [1.54, 1.807) is 11.1 Å². The molecule has 7 nitrogen and oxygen atoms in total. The van der Waals surface area contributed by atoms with Gasteiger partial charge in [-0.15, -0.1) is 24.8 Å². The molecule has 2 saturated heterocycles. The van der Waals surface area contributed by atoms with E-state index in [-0.39, 0.29) is 63.0 Å². The molecule has 0 aliphatic carbocycles. The predicted molar refractivity (Wildman–Crippen MR) is 154 cm³/mol. The third-order valence-electron chi connectivity index (χ3n) is 7.62. The minimum atomic E-state index is -5.07. The molecule has 2 aliphatic heterocycles. The maximum Gasteiger partial charge on any atom is 0.416 e. The zero-order chi connectivity index (χ0) is 29.4. The monoisotopic (exact) mass is 653 g/mol. The maximum atomic E-state index is 13.6. The van der Waals surface area contributed by atoms with Crippen molar-refractivity contribution in [2.45, 2.75) is 24.8 Å². The Bertz CT molecular complexity index is 1390. The Labute approximate surface area is 256 Å². The van der Waals surface area contributed by atoms with Gasteiger partial charge in [0.15, 0.2) is 0 Å². The van der Waals surface area contributed by atoms with Gasteiger partial charge in [-0.2, -0.15) is 26.3 Å². The number of amides is 2. The number of rotatable bonds is 5. The molecule has 3 aromatic rings. The van der Waals surface area contributed by atoms with Crippen molar-refractivity contribution in [3.05, 3.63) is 70.9 Å². The van der Waals surface area contributed by atoms with Crippen LogP contribution in [0.4, 0.5) is 26.3 Å². The van der Waals surface area contributed by atoms with Gasteiger partial charge in [-0.25, -0.2) is 0 Å². The number of hydrogen-bond acceptors (Lipinski definition) is 4. The van der Waals surface area contributed by atoms with Gasteiger partial charge in [-0.05, 0) is 36.2 Å². The van der Waals surface area contributed by atoms with E-state index in [0.29, 0.717) is 44.7 Å². The van der Waals surface area contributed by atoms with Gasteiger partial charge in [0.25, 0.3) is 5.91 Å². The Hall–Kier alpha value is -3.00. The molecular formula is C28H31Cl2F6N5O2. The van der Waals surface area contributed by atoms with Crippen LogP contribution in [0.1, 0.15) is 27.0 Å². The molecule has 43 heavy (non-hydrogen) atoms. The van der Waals surface area contributed by atoms with Crippen LogP contribution in [0, 0.1) is 0 Å². The van der Waals surface area contributed by atoms with Gasteiger partial charge in [0.1, 0.15) is 0 Å². The Morgan fingerprint density at radius 2 is 1.49 bits per heavy atom. The van der Waals surface area contributed by atoms with Gasteiger partial charge in [0, 0.05) is 74.5 Å². The number of benzene rings is 2. The fourth-order valence-corrected chi connectivity index (χ4v) is 5.51. The lowest BCUT2D eigenvalue weighted by Gasteiger charge is -2.42. The van der Waals surface area contributed by atoms with Crippen LogP contribution in [0.25, 0.3) is 10.9 Å².